The summed E-state index contributed by atoms with van der Waals surface area (Å²) in [5.74, 6) is 0. The Morgan fingerprint density at radius 1 is 1.47 bits per heavy atom. The minimum Gasteiger partial charge on any atom is -0.388 e. The smallest absolute Gasteiger partial charge is 0.0992 e. The van der Waals surface area contributed by atoms with Gasteiger partial charge in [-0.3, -0.25) is 0 Å². The molecule has 3 heteroatoms. The van der Waals surface area contributed by atoms with E-state index in [9.17, 15) is 5.11 Å². The quantitative estimate of drug-likeness (QED) is 0.793. The fourth-order valence-electron chi connectivity index (χ4n) is 1.11. The Morgan fingerprint density at radius 3 is 2.67 bits per heavy atom. The van der Waals surface area contributed by atoms with Crippen molar-refractivity contribution in [2.45, 2.75) is 32.4 Å². The number of aliphatic hydroxyl groups is 1. The van der Waals surface area contributed by atoms with Gasteiger partial charge in [-0.05, 0) is 39.0 Å². The Balaban J connectivity index is 2.78. The van der Waals surface area contributed by atoms with E-state index in [0.29, 0.717) is 5.56 Å². The van der Waals surface area contributed by atoms with Crippen molar-refractivity contribution in [3.8, 4) is 6.07 Å². The van der Waals surface area contributed by atoms with Crippen molar-refractivity contribution in [1.82, 2.24) is 0 Å². The number of nitriles is 1. The second kappa shape index (κ2) is 4.33. The lowest BCUT2D eigenvalue weighted by atomic mass is 10.0. The predicted molar refractivity (Wildman–Crippen MR) is 60.5 cm³/mol. The molecule has 0 bridgehead atoms. The van der Waals surface area contributed by atoms with Gasteiger partial charge in [-0.2, -0.15) is 5.26 Å². The van der Waals surface area contributed by atoms with Crippen LogP contribution in [0.15, 0.2) is 24.3 Å². The Morgan fingerprint density at radius 2 is 2.13 bits per heavy atom. The van der Waals surface area contributed by atoms with Gasteiger partial charge in [0.25, 0.3) is 0 Å². The molecule has 0 aromatic heterocycles. The van der Waals surface area contributed by atoms with Gasteiger partial charge in [-0.15, -0.1) is 0 Å². The first-order valence-electron chi connectivity index (χ1n) is 4.92. The van der Waals surface area contributed by atoms with E-state index in [4.69, 9.17) is 5.26 Å². The zero-order chi connectivity index (χ0) is 11.5. The average Bonchev–Trinajstić information content (AvgIpc) is 2.16. The van der Waals surface area contributed by atoms with E-state index in [0.717, 1.165) is 5.69 Å². The Kier molecular flexibility index (Phi) is 3.33. The minimum atomic E-state index is -0.789. The second-order valence-corrected chi connectivity index (χ2v) is 4.21. The maximum Gasteiger partial charge on any atom is 0.0992 e. The average molecular weight is 204 g/mol. The molecule has 0 radical (unpaired) electrons. The first-order valence-corrected chi connectivity index (χ1v) is 4.92. The maximum atomic E-state index is 9.75. The third-order valence-corrected chi connectivity index (χ3v) is 2.43. The number of nitrogens with one attached hydrogen (secondary N) is 1. The first kappa shape index (κ1) is 11.5. The molecular formula is C12H16N2O. The van der Waals surface area contributed by atoms with Crippen LogP contribution in [-0.4, -0.2) is 16.7 Å². The highest BCUT2D eigenvalue weighted by atomic mass is 16.3. The van der Waals surface area contributed by atoms with E-state index in [1.54, 1.807) is 26.0 Å². The fourth-order valence-corrected chi connectivity index (χ4v) is 1.11. The molecule has 1 aromatic carbocycles. The largest absolute Gasteiger partial charge is 0.388 e. The molecule has 0 aliphatic rings. The summed E-state index contributed by atoms with van der Waals surface area (Å²) < 4.78 is 0. The normalized spacial score (nSPS) is 13.0. The third-order valence-electron chi connectivity index (χ3n) is 2.43. The molecule has 80 valence electrons. The molecular weight excluding hydrogens is 188 g/mol. The molecule has 1 unspecified atom stereocenters. The number of hydrogen-bond acceptors (Lipinski definition) is 3. The number of rotatable bonds is 3. The monoisotopic (exact) mass is 204 g/mol. The highest BCUT2D eigenvalue weighted by Gasteiger charge is 2.21. The van der Waals surface area contributed by atoms with Crippen LogP contribution in [0.5, 0.6) is 0 Å². The number of anilines is 1. The van der Waals surface area contributed by atoms with Crippen LogP contribution in [0, 0.1) is 11.3 Å². The molecule has 0 heterocycles. The van der Waals surface area contributed by atoms with Crippen molar-refractivity contribution in [1.29, 1.82) is 5.26 Å². The molecule has 2 N–H and O–H groups in total. The molecule has 0 fully saturated rings. The van der Waals surface area contributed by atoms with Crippen molar-refractivity contribution < 1.29 is 5.11 Å². The lowest BCUT2D eigenvalue weighted by molar-refractivity contribution is 0.0649. The van der Waals surface area contributed by atoms with Gasteiger partial charge >= 0.3 is 0 Å². The summed E-state index contributed by atoms with van der Waals surface area (Å²) in [6.07, 6.45) is 0. The van der Waals surface area contributed by atoms with Crippen LogP contribution < -0.4 is 5.32 Å². The molecule has 15 heavy (non-hydrogen) atoms. The maximum absolute atomic E-state index is 9.75. The third kappa shape index (κ3) is 3.26. The van der Waals surface area contributed by atoms with Crippen molar-refractivity contribution in [2.24, 2.45) is 0 Å². The van der Waals surface area contributed by atoms with E-state index >= 15 is 0 Å². The Labute approximate surface area is 90.4 Å². The van der Waals surface area contributed by atoms with Gasteiger partial charge in [0.1, 0.15) is 0 Å². The van der Waals surface area contributed by atoms with Crippen LogP contribution in [0.4, 0.5) is 5.69 Å². The molecule has 0 saturated heterocycles. The van der Waals surface area contributed by atoms with E-state index in [-0.39, 0.29) is 6.04 Å². The molecule has 0 saturated carbocycles. The summed E-state index contributed by atoms with van der Waals surface area (Å²) in [4.78, 5) is 0. The zero-order valence-electron chi connectivity index (χ0n) is 9.28. The van der Waals surface area contributed by atoms with E-state index in [1.807, 2.05) is 19.1 Å². The molecule has 1 aromatic rings. The molecule has 0 aliphatic carbocycles. The first-order chi connectivity index (χ1) is 6.93. The van der Waals surface area contributed by atoms with Gasteiger partial charge in [-0.25, -0.2) is 0 Å². The summed E-state index contributed by atoms with van der Waals surface area (Å²) in [6, 6.07) is 9.21. The number of nitrogens with zero attached hydrogens (tertiary/aromatic N) is 1. The van der Waals surface area contributed by atoms with Crippen molar-refractivity contribution in [3.63, 3.8) is 0 Å². The van der Waals surface area contributed by atoms with E-state index < -0.39 is 5.60 Å². The molecule has 0 spiro atoms. The standard InChI is InChI=1S/C12H16N2O/c1-9(12(2,3)15)14-11-6-4-5-10(7-11)8-13/h4-7,9,14-15H,1-3H3. The van der Waals surface area contributed by atoms with Crippen molar-refractivity contribution >= 4 is 5.69 Å². The van der Waals surface area contributed by atoms with Gasteiger partial charge in [0.2, 0.25) is 0 Å². The summed E-state index contributed by atoms with van der Waals surface area (Å²) in [5.41, 5.74) is 0.675. The Bertz CT molecular complexity index is 374. The van der Waals surface area contributed by atoms with Gasteiger partial charge in [0.15, 0.2) is 0 Å². The van der Waals surface area contributed by atoms with E-state index in [2.05, 4.69) is 11.4 Å². The molecule has 0 amide bonds. The molecule has 1 rings (SSSR count). The molecule has 0 aliphatic heterocycles. The van der Waals surface area contributed by atoms with Crippen LogP contribution in [0.1, 0.15) is 26.3 Å². The van der Waals surface area contributed by atoms with Crippen LogP contribution in [-0.2, 0) is 0 Å². The van der Waals surface area contributed by atoms with Gasteiger partial charge in [-0.1, -0.05) is 6.07 Å². The van der Waals surface area contributed by atoms with E-state index in [1.165, 1.54) is 0 Å². The predicted octanol–water partition coefficient (Wildman–Crippen LogP) is 2.13. The molecule has 1 atom stereocenters. The summed E-state index contributed by atoms with van der Waals surface area (Å²) >= 11 is 0. The summed E-state index contributed by atoms with van der Waals surface area (Å²) in [7, 11) is 0. The number of hydrogen-bond donors (Lipinski definition) is 2. The van der Waals surface area contributed by atoms with Crippen molar-refractivity contribution in [2.75, 3.05) is 5.32 Å². The highest BCUT2D eigenvalue weighted by Crippen LogP contribution is 2.16. The van der Waals surface area contributed by atoms with Crippen LogP contribution >= 0.6 is 0 Å². The summed E-state index contributed by atoms with van der Waals surface area (Å²) in [6.45, 7) is 5.40. The second-order valence-electron chi connectivity index (χ2n) is 4.21. The molecule has 3 nitrogen and oxygen atoms in total. The number of benzene rings is 1. The SMILES string of the molecule is CC(Nc1cccc(C#N)c1)C(C)(C)O. The van der Waals surface area contributed by atoms with Gasteiger partial charge < -0.3 is 10.4 Å². The highest BCUT2D eigenvalue weighted by molar-refractivity contribution is 5.49. The Hall–Kier alpha value is -1.53. The zero-order valence-corrected chi connectivity index (χ0v) is 9.28. The van der Waals surface area contributed by atoms with Crippen LogP contribution in [0.25, 0.3) is 0 Å². The van der Waals surface area contributed by atoms with Crippen molar-refractivity contribution in [3.05, 3.63) is 29.8 Å². The van der Waals surface area contributed by atoms with Crippen LogP contribution in [0.3, 0.4) is 0 Å². The topological polar surface area (TPSA) is 56.0 Å². The van der Waals surface area contributed by atoms with Crippen LogP contribution in [0.2, 0.25) is 0 Å². The minimum absolute atomic E-state index is 0.0774. The summed E-state index contributed by atoms with van der Waals surface area (Å²) in [5, 5.41) is 21.6. The fraction of sp³-hybridized carbons (Fsp3) is 0.417. The lowest BCUT2D eigenvalue weighted by Crippen LogP contribution is -2.39. The lowest BCUT2D eigenvalue weighted by Gasteiger charge is -2.27. The van der Waals surface area contributed by atoms with Gasteiger partial charge in [0.05, 0.1) is 23.3 Å². The van der Waals surface area contributed by atoms with Gasteiger partial charge in [0, 0.05) is 5.69 Å².